The van der Waals surface area contributed by atoms with Gasteiger partial charge in [-0.2, -0.15) is 0 Å². The molecule has 0 aliphatic rings. The van der Waals surface area contributed by atoms with E-state index in [4.69, 9.17) is 4.42 Å². The second-order valence-corrected chi connectivity index (χ2v) is 6.22. The van der Waals surface area contributed by atoms with E-state index in [-0.39, 0.29) is 5.56 Å². The molecule has 0 spiro atoms. The molecule has 0 unspecified atom stereocenters. The SMILES string of the molecule is Cc1ccc2oc(=O)c(C(=O)Nc3ccc(C(C)C)cc3)cc2c1. The molecule has 1 aromatic heterocycles. The first-order valence-electron chi connectivity index (χ1n) is 7.90. The predicted molar refractivity (Wildman–Crippen MR) is 95.7 cm³/mol. The van der Waals surface area contributed by atoms with E-state index in [1.807, 2.05) is 43.3 Å². The monoisotopic (exact) mass is 321 g/mol. The van der Waals surface area contributed by atoms with E-state index in [2.05, 4.69) is 19.2 Å². The molecule has 122 valence electrons. The van der Waals surface area contributed by atoms with Gasteiger partial charge in [0.1, 0.15) is 11.1 Å². The summed E-state index contributed by atoms with van der Waals surface area (Å²) in [6.45, 7) is 6.16. The fourth-order valence-electron chi connectivity index (χ4n) is 2.55. The predicted octanol–water partition coefficient (Wildman–Crippen LogP) is 4.48. The van der Waals surface area contributed by atoms with Crippen LogP contribution in [0.15, 0.2) is 57.7 Å². The molecule has 3 aromatic rings. The van der Waals surface area contributed by atoms with Crippen molar-refractivity contribution in [3.05, 3.63) is 75.6 Å². The number of hydrogen-bond donors (Lipinski definition) is 1. The van der Waals surface area contributed by atoms with E-state index in [1.165, 1.54) is 5.56 Å². The summed E-state index contributed by atoms with van der Waals surface area (Å²) in [5, 5.41) is 3.48. The maximum Gasteiger partial charge on any atom is 0.349 e. The second kappa shape index (κ2) is 6.32. The first kappa shape index (κ1) is 16.0. The first-order valence-corrected chi connectivity index (χ1v) is 7.90. The zero-order chi connectivity index (χ0) is 17.3. The Bertz CT molecular complexity index is 953. The fourth-order valence-corrected chi connectivity index (χ4v) is 2.55. The number of amides is 1. The highest BCUT2D eigenvalue weighted by Gasteiger charge is 2.14. The quantitative estimate of drug-likeness (QED) is 0.724. The molecule has 0 saturated heterocycles. The number of aryl methyl sites for hydroxylation is 1. The molecule has 1 N–H and O–H groups in total. The van der Waals surface area contributed by atoms with E-state index in [0.29, 0.717) is 17.2 Å². The van der Waals surface area contributed by atoms with Crippen molar-refractivity contribution in [2.75, 3.05) is 5.32 Å². The zero-order valence-corrected chi connectivity index (χ0v) is 13.9. The summed E-state index contributed by atoms with van der Waals surface area (Å²) in [7, 11) is 0. The van der Waals surface area contributed by atoms with Gasteiger partial charge >= 0.3 is 5.63 Å². The summed E-state index contributed by atoms with van der Waals surface area (Å²) in [5.74, 6) is -0.0463. The third-order valence-corrected chi connectivity index (χ3v) is 3.97. The average molecular weight is 321 g/mol. The summed E-state index contributed by atoms with van der Waals surface area (Å²) in [6.07, 6.45) is 0. The van der Waals surface area contributed by atoms with Gasteiger partial charge in [0.25, 0.3) is 5.91 Å². The highest BCUT2D eigenvalue weighted by molar-refractivity contribution is 6.05. The van der Waals surface area contributed by atoms with Gasteiger partial charge in [0.05, 0.1) is 0 Å². The lowest BCUT2D eigenvalue weighted by Gasteiger charge is -2.08. The molecule has 0 bridgehead atoms. The van der Waals surface area contributed by atoms with Crippen LogP contribution in [0.5, 0.6) is 0 Å². The summed E-state index contributed by atoms with van der Waals surface area (Å²) >= 11 is 0. The average Bonchev–Trinajstić information content (AvgIpc) is 2.55. The minimum Gasteiger partial charge on any atom is -0.422 e. The Morgan fingerprint density at radius 1 is 1.04 bits per heavy atom. The Morgan fingerprint density at radius 3 is 2.42 bits per heavy atom. The molecule has 0 aliphatic heterocycles. The van der Waals surface area contributed by atoms with Gasteiger partial charge in [0, 0.05) is 11.1 Å². The van der Waals surface area contributed by atoms with Crippen LogP contribution in [-0.2, 0) is 0 Å². The molecule has 0 aliphatic carbocycles. The number of benzene rings is 2. The van der Waals surface area contributed by atoms with Gasteiger partial charge in [-0.1, -0.05) is 37.6 Å². The van der Waals surface area contributed by atoms with E-state index in [0.717, 1.165) is 10.9 Å². The van der Waals surface area contributed by atoms with Crippen LogP contribution in [0.4, 0.5) is 5.69 Å². The molecule has 4 nitrogen and oxygen atoms in total. The molecule has 1 amide bonds. The molecule has 24 heavy (non-hydrogen) atoms. The Hall–Kier alpha value is -2.88. The lowest BCUT2D eigenvalue weighted by atomic mass is 10.0. The topological polar surface area (TPSA) is 59.3 Å². The number of nitrogens with one attached hydrogen (secondary N) is 1. The minimum absolute atomic E-state index is 0.000959. The van der Waals surface area contributed by atoms with E-state index >= 15 is 0 Å². The molecule has 2 aromatic carbocycles. The summed E-state index contributed by atoms with van der Waals surface area (Å²) in [4.78, 5) is 24.5. The molecule has 0 fully saturated rings. The van der Waals surface area contributed by atoms with Gasteiger partial charge < -0.3 is 9.73 Å². The maximum atomic E-state index is 12.4. The van der Waals surface area contributed by atoms with Crippen LogP contribution in [0.1, 0.15) is 41.3 Å². The first-order chi connectivity index (χ1) is 11.4. The number of hydrogen-bond acceptors (Lipinski definition) is 3. The molecule has 1 heterocycles. The van der Waals surface area contributed by atoms with Gasteiger partial charge in [-0.25, -0.2) is 4.79 Å². The summed E-state index contributed by atoms with van der Waals surface area (Å²) < 4.78 is 5.24. The van der Waals surface area contributed by atoms with Crippen LogP contribution in [0.3, 0.4) is 0 Å². The number of carbonyl (C=O) groups is 1. The van der Waals surface area contributed by atoms with Crippen molar-refractivity contribution in [2.24, 2.45) is 0 Å². The van der Waals surface area contributed by atoms with Gasteiger partial charge in [0.2, 0.25) is 0 Å². The van der Waals surface area contributed by atoms with E-state index in [9.17, 15) is 9.59 Å². The van der Waals surface area contributed by atoms with Crippen LogP contribution in [0.2, 0.25) is 0 Å². The standard InChI is InChI=1S/C20H19NO3/c1-12(2)14-5-7-16(8-6-14)21-19(22)17-11-15-10-13(3)4-9-18(15)24-20(17)23/h4-12H,1-3H3,(H,21,22). The van der Waals surface area contributed by atoms with Crippen molar-refractivity contribution in [3.8, 4) is 0 Å². The normalized spacial score (nSPS) is 11.0. The summed E-state index contributed by atoms with van der Waals surface area (Å²) in [6, 6.07) is 14.7. The molecule has 0 saturated carbocycles. The van der Waals surface area contributed by atoms with E-state index < -0.39 is 11.5 Å². The Balaban J connectivity index is 1.90. The van der Waals surface area contributed by atoms with Crippen LogP contribution >= 0.6 is 0 Å². The number of rotatable bonds is 3. The lowest BCUT2D eigenvalue weighted by Crippen LogP contribution is -2.20. The molecular weight excluding hydrogens is 302 g/mol. The van der Waals surface area contributed by atoms with Crippen molar-refractivity contribution in [2.45, 2.75) is 26.7 Å². The Kier molecular flexibility index (Phi) is 4.21. The van der Waals surface area contributed by atoms with Gasteiger partial charge in [-0.3, -0.25) is 4.79 Å². The van der Waals surface area contributed by atoms with Crippen molar-refractivity contribution in [1.82, 2.24) is 0 Å². The Morgan fingerprint density at radius 2 is 1.75 bits per heavy atom. The van der Waals surface area contributed by atoms with Crippen LogP contribution < -0.4 is 10.9 Å². The van der Waals surface area contributed by atoms with Crippen molar-refractivity contribution < 1.29 is 9.21 Å². The maximum absolute atomic E-state index is 12.4. The third kappa shape index (κ3) is 3.23. The molecular formula is C20H19NO3. The highest BCUT2D eigenvalue weighted by Crippen LogP contribution is 2.19. The lowest BCUT2D eigenvalue weighted by molar-refractivity contribution is 0.102. The van der Waals surface area contributed by atoms with Crippen molar-refractivity contribution in [3.63, 3.8) is 0 Å². The zero-order valence-electron chi connectivity index (χ0n) is 13.9. The van der Waals surface area contributed by atoms with Crippen molar-refractivity contribution >= 4 is 22.6 Å². The number of fused-ring (bicyclic) bond motifs is 1. The molecule has 0 radical (unpaired) electrons. The van der Waals surface area contributed by atoms with Gasteiger partial charge in [0.15, 0.2) is 0 Å². The molecule has 4 heteroatoms. The smallest absolute Gasteiger partial charge is 0.349 e. The second-order valence-electron chi connectivity index (χ2n) is 6.22. The fraction of sp³-hybridized carbons (Fsp3) is 0.200. The van der Waals surface area contributed by atoms with Gasteiger partial charge in [-0.05, 0) is 48.7 Å². The molecule has 0 atom stereocenters. The van der Waals surface area contributed by atoms with Gasteiger partial charge in [-0.15, -0.1) is 0 Å². The van der Waals surface area contributed by atoms with Crippen molar-refractivity contribution in [1.29, 1.82) is 0 Å². The summed E-state index contributed by atoms with van der Waals surface area (Å²) in [5.41, 5.74) is 2.71. The minimum atomic E-state index is -0.636. The third-order valence-electron chi connectivity index (χ3n) is 3.97. The largest absolute Gasteiger partial charge is 0.422 e. The van der Waals surface area contributed by atoms with E-state index in [1.54, 1.807) is 12.1 Å². The molecule has 3 rings (SSSR count). The number of anilines is 1. The van der Waals surface area contributed by atoms with Crippen LogP contribution in [0, 0.1) is 6.92 Å². The highest BCUT2D eigenvalue weighted by atomic mass is 16.4. The Labute approximate surface area is 140 Å². The van der Waals surface area contributed by atoms with Crippen LogP contribution in [0.25, 0.3) is 11.0 Å². The van der Waals surface area contributed by atoms with Crippen LogP contribution in [-0.4, -0.2) is 5.91 Å². The number of carbonyl (C=O) groups excluding carboxylic acids is 1.